The molecule has 0 fully saturated rings. The number of rotatable bonds is 7. The molecule has 25 heavy (non-hydrogen) atoms. The van der Waals surface area contributed by atoms with E-state index in [4.69, 9.17) is 4.74 Å². The Kier molecular flexibility index (Phi) is 6.83. The summed E-state index contributed by atoms with van der Waals surface area (Å²) >= 11 is 0. The van der Waals surface area contributed by atoms with Gasteiger partial charge in [0.2, 0.25) is 0 Å². The average molecular weight is 341 g/mol. The van der Waals surface area contributed by atoms with Crippen molar-refractivity contribution in [2.75, 3.05) is 28.3 Å². The van der Waals surface area contributed by atoms with Crippen molar-refractivity contribution in [3.05, 3.63) is 65.2 Å². The Balaban J connectivity index is 1.87. The molecule has 0 saturated carbocycles. The SMILES string of the molecule is COc1ccccc1CNC(=O)N(C)Cc1ccc(CN(C)C)cc1. The number of carbonyl (C=O) groups excluding carboxylic acids is 1. The molecule has 1 N–H and O–H groups in total. The third-order valence-corrected chi connectivity index (χ3v) is 3.91. The second kappa shape index (κ2) is 9.08. The molecule has 0 atom stereocenters. The molecule has 0 saturated heterocycles. The van der Waals surface area contributed by atoms with Crippen molar-refractivity contribution in [2.24, 2.45) is 0 Å². The van der Waals surface area contributed by atoms with Crippen LogP contribution in [0, 0.1) is 0 Å². The lowest BCUT2D eigenvalue weighted by Gasteiger charge is -2.19. The van der Waals surface area contributed by atoms with Gasteiger partial charge in [0.1, 0.15) is 5.75 Å². The molecule has 5 nitrogen and oxygen atoms in total. The largest absolute Gasteiger partial charge is 0.496 e. The topological polar surface area (TPSA) is 44.8 Å². The van der Waals surface area contributed by atoms with Gasteiger partial charge in [-0.05, 0) is 31.3 Å². The summed E-state index contributed by atoms with van der Waals surface area (Å²) in [6, 6.07) is 15.9. The van der Waals surface area contributed by atoms with Crippen molar-refractivity contribution in [3.63, 3.8) is 0 Å². The predicted molar refractivity (Wildman–Crippen MR) is 101 cm³/mol. The van der Waals surface area contributed by atoms with Crippen LogP contribution in [0.1, 0.15) is 16.7 Å². The van der Waals surface area contributed by atoms with E-state index in [0.717, 1.165) is 23.4 Å². The zero-order valence-corrected chi connectivity index (χ0v) is 15.5. The van der Waals surface area contributed by atoms with Gasteiger partial charge >= 0.3 is 6.03 Å². The van der Waals surface area contributed by atoms with Gasteiger partial charge < -0.3 is 19.9 Å². The number of methoxy groups -OCH3 is 1. The first-order valence-corrected chi connectivity index (χ1v) is 8.33. The van der Waals surface area contributed by atoms with E-state index in [1.807, 2.05) is 38.4 Å². The number of hydrogen-bond acceptors (Lipinski definition) is 3. The molecule has 0 bridgehead atoms. The number of nitrogens with zero attached hydrogens (tertiary/aromatic N) is 2. The standard InChI is InChI=1S/C20H27N3O2/c1-22(2)14-16-9-11-17(12-10-16)15-23(3)20(24)21-13-18-7-5-6-8-19(18)25-4/h5-12H,13-15H2,1-4H3,(H,21,24). The molecule has 0 aliphatic carbocycles. The first-order valence-electron chi connectivity index (χ1n) is 8.33. The minimum absolute atomic E-state index is 0.108. The van der Waals surface area contributed by atoms with Crippen LogP contribution in [0.25, 0.3) is 0 Å². The molecule has 0 heterocycles. The third kappa shape index (κ3) is 5.80. The Bertz CT molecular complexity index is 684. The number of ether oxygens (including phenoxy) is 1. The molecular weight excluding hydrogens is 314 g/mol. The minimum atomic E-state index is -0.108. The van der Waals surface area contributed by atoms with E-state index in [1.165, 1.54) is 5.56 Å². The van der Waals surface area contributed by atoms with E-state index in [0.29, 0.717) is 13.1 Å². The van der Waals surface area contributed by atoms with Crippen molar-refractivity contribution < 1.29 is 9.53 Å². The molecule has 134 valence electrons. The summed E-state index contributed by atoms with van der Waals surface area (Å²) < 4.78 is 5.30. The van der Waals surface area contributed by atoms with E-state index in [-0.39, 0.29) is 6.03 Å². The highest BCUT2D eigenvalue weighted by molar-refractivity contribution is 5.73. The number of amides is 2. The summed E-state index contributed by atoms with van der Waals surface area (Å²) in [7, 11) is 7.53. The fraction of sp³-hybridized carbons (Fsp3) is 0.350. The van der Waals surface area contributed by atoms with Gasteiger partial charge in [-0.2, -0.15) is 0 Å². The van der Waals surface area contributed by atoms with Gasteiger partial charge in [-0.1, -0.05) is 42.5 Å². The number of para-hydroxylation sites is 1. The van der Waals surface area contributed by atoms with Crippen LogP contribution < -0.4 is 10.1 Å². The fourth-order valence-electron chi connectivity index (χ4n) is 2.62. The van der Waals surface area contributed by atoms with Crippen LogP contribution in [0.15, 0.2) is 48.5 Å². The lowest BCUT2D eigenvalue weighted by Crippen LogP contribution is -2.36. The van der Waals surface area contributed by atoms with E-state index in [2.05, 4.69) is 34.5 Å². The Labute approximate surface area is 150 Å². The van der Waals surface area contributed by atoms with E-state index >= 15 is 0 Å². The van der Waals surface area contributed by atoms with Crippen molar-refractivity contribution >= 4 is 6.03 Å². The maximum Gasteiger partial charge on any atom is 0.317 e. The van der Waals surface area contributed by atoms with Gasteiger partial charge in [-0.15, -0.1) is 0 Å². The van der Waals surface area contributed by atoms with Gasteiger partial charge in [0.15, 0.2) is 0 Å². The molecule has 0 spiro atoms. The first-order chi connectivity index (χ1) is 12.0. The lowest BCUT2D eigenvalue weighted by atomic mass is 10.1. The Morgan fingerprint density at radius 2 is 1.56 bits per heavy atom. The molecule has 2 aromatic carbocycles. The van der Waals surface area contributed by atoms with Gasteiger partial charge in [-0.3, -0.25) is 0 Å². The smallest absolute Gasteiger partial charge is 0.317 e. The molecule has 5 heteroatoms. The maximum absolute atomic E-state index is 12.3. The van der Waals surface area contributed by atoms with Crippen molar-refractivity contribution in [1.82, 2.24) is 15.1 Å². The number of urea groups is 1. The van der Waals surface area contributed by atoms with Crippen LogP contribution in [-0.4, -0.2) is 44.1 Å². The second-order valence-corrected chi connectivity index (χ2v) is 6.38. The maximum atomic E-state index is 12.3. The van der Waals surface area contributed by atoms with Crippen LogP contribution in [-0.2, 0) is 19.6 Å². The molecule has 0 aliphatic heterocycles. The zero-order valence-electron chi connectivity index (χ0n) is 15.5. The number of hydrogen-bond donors (Lipinski definition) is 1. The molecule has 2 amide bonds. The predicted octanol–water partition coefficient (Wildman–Crippen LogP) is 3.10. The average Bonchev–Trinajstić information content (AvgIpc) is 2.61. The van der Waals surface area contributed by atoms with E-state index in [9.17, 15) is 4.79 Å². The van der Waals surface area contributed by atoms with Crippen molar-refractivity contribution in [2.45, 2.75) is 19.6 Å². The lowest BCUT2D eigenvalue weighted by molar-refractivity contribution is 0.206. The molecule has 2 rings (SSSR count). The molecular formula is C20H27N3O2. The molecule has 0 radical (unpaired) electrons. The Morgan fingerprint density at radius 3 is 2.16 bits per heavy atom. The van der Waals surface area contributed by atoms with Crippen LogP contribution in [0.4, 0.5) is 4.79 Å². The second-order valence-electron chi connectivity index (χ2n) is 6.38. The summed E-state index contributed by atoms with van der Waals surface area (Å²) in [6.07, 6.45) is 0. The number of nitrogens with one attached hydrogen (secondary N) is 1. The zero-order chi connectivity index (χ0) is 18.2. The summed E-state index contributed by atoms with van der Waals surface area (Å²) in [5.74, 6) is 0.780. The monoisotopic (exact) mass is 341 g/mol. The molecule has 0 aromatic heterocycles. The summed E-state index contributed by atoms with van der Waals surface area (Å²) in [4.78, 5) is 16.1. The van der Waals surface area contributed by atoms with Gasteiger partial charge in [-0.25, -0.2) is 4.79 Å². The van der Waals surface area contributed by atoms with Crippen LogP contribution >= 0.6 is 0 Å². The van der Waals surface area contributed by atoms with E-state index in [1.54, 1.807) is 19.1 Å². The summed E-state index contributed by atoms with van der Waals surface area (Å²) in [6.45, 7) is 1.92. The highest BCUT2D eigenvalue weighted by Gasteiger charge is 2.10. The van der Waals surface area contributed by atoms with Gasteiger partial charge in [0, 0.05) is 32.2 Å². The number of carbonyl (C=O) groups is 1. The Morgan fingerprint density at radius 1 is 0.960 bits per heavy atom. The van der Waals surface area contributed by atoms with Crippen LogP contribution in [0.3, 0.4) is 0 Å². The normalized spacial score (nSPS) is 10.6. The first kappa shape index (κ1) is 18.8. The minimum Gasteiger partial charge on any atom is -0.496 e. The summed E-state index contributed by atoms with van der Waals surface area (Å²) in [5, 5.41) is 2.93. The van der Waals surface area contributed by atoms with Crippen molar-refractivity contribution in [1.29, 1.82) is 0 Å². The quantitative estimate of drug-likeness (QED) is 0.842. The van der Waals surface area contributed by atoms with Gasteiger partial charge in [0.25, 0.3) is 0 Å². The third-order valence-electron chi connectivity index (χ3n) is 3.91. The molecule has 2 aromatic rings. The number of benzene rings is 2. The van der Waals surface area contributed by atoms with Crippen LogP contribution in [0.5, 0.6) is 5.75 Å². The van der Waals surface area contributed by atoms with Crippen LogP contribution in [0.2, 0.25) is 0 Å². The highest BCUT2D eigenvalue weighted by Crippen LogP contribution is 2.16. The Hall–Kier alpha value is -2.53. The van der Waals surface area contributed by atoms with Gasteiger partial charge in [0.05, 0.1) is 7.11 Å². The molecule has 0 unspecified atom stereocenters. The summed E-state index contributed by atoms with van der Waals surface area (Å²) in [5.41, 5.74) is 3.33. The fourth-order valence-corrected chi connectivity index (χ4v) is 2.62. The van der Waals surface area contributed by atoms with Crippen molar-refractivity contribution in [3.8, 4) is 5.75 Å². The molecule has 0 aliphatic rings. The highest BCUT2D eigenvalue weighted by atomic mass is 16.5. The van der Waals surface area contributed by atoms with E-state index < -0.39 is 0 Å².